The second-order valence-corrected chi connectivity index (χ2v) is 8.30. The van der Waals surface area contributed by atoms with E-state index in [2.05, 4.69) is 10.6 Å². The number of nitrogens with one attached hydrogen (secondary N) is 2. The fraction of sp³-hybridized carbons (Fsp3) is 0.438. The zero-order valence-corrected chi connectivity index (χ0v) is 15.5. The molecule has 0 saturated carbocycles. The second kappa shape index (κ2) is 8.28. The predicted octanol–water partition coefficient (Wildman–Crippen LogP) is -0.101. The van der Waals surface area contributed by atoms with Crippen LogP contribution in [0.15, 0.2) is 30.3 Å². The molecule has 1 aromatic rings. The van der Waals surface area contributed by atoms with Gasteiger partial charge >= 0.3 is 6.03 Å². The molecule has 9 nitrogen and oxygen atoms in total. The van der Waals surface area contributed by atoms with Crippen molar-refractivity contribution in [1.29, 1.82) is 0 Å². The Morgan fingerprint density at radius 1 is 1.23 bits per heavy atom. The second-order valence-electron chi connectivity index (χ2n) is 6.00. The van der Waals surface area contributed by atoms with Crippen LogP contribution in [0, 0.1) is 0 Å². The fourth-order valence-corrected chi connectivity index (χ4v) is 3.14. The molecular formula is C16H22N4O5S. The monoisotopic (exact) mass is 382 g/mol. The van der Waals surface area contributed by atoms with Crippen LogP contribution < -0.4 is 15.5 Å². The lowest BCUT2D eigenvalue weighted by Gasteiger charge is -2.13. The Balaban J connectivity index is 1.82. The number of para-hydroxylation sites is 1. The van der Waals surface area contributed by atoms with Crippen LogP contribution in [0.1, 0.15) is 12.8 Å². The molecule has 26 heavy (non-hydrogen) atoms. The summed E-state index contributed by atoms with van der Waals surface area (Å²) in [6.45, 7) is -0.0134. The van der Waals surface area contributed by atoms with Gasteiger partial charge in [-0.1, -0.05) is 18.2 Å². The lowest BCUT2D eigenvalue weighted by atomic mass is 10.1. The van der Waals surface area contributed by atoms with Crippen molar-refractivity contribution in [3.05, 3.63) is 30.3 Å². The first-order chi connectivity index (χ1) is 12.2. The molecule has 2 N–H and O–H groups in total. The summed E-state index contributed by atoms with van der Waals surface area (Å²) in [7, 11) is -0.536. The number of carbonyl (C=O) groups is 3. The predicted molar refractivity (Wildman–Crippen MR) is 96.0 cm³/mol. The molecule has 1 aliphatic rings. The molecule has 10 heteroatoms. The van der Waals surface area contributed by atoms with E-state index in [9.17, 15) is 22.8 Å². The van der Waals surface area contributed by atoms with Gasteiger partial charge in [0.1, 0.15) is 6.04 Å². The molecule has 0 spiro atoms. The number of amides is 4. The van der Waals surface area contributed by atoms with Crippen LogP contribution in [0.5, 0.6) is 0 Å². The summed E-state index contributed by atoms with van der Waals surface area (Å²) in [4.78, 5) is 37.3. The van der Waals surface area contributed by atoms with Crippen LogP contribution in [0.4, 0.5) is 10.5 Å². The highest BCUT2D eigenvalue weighted by molar-refractivity contribution is 7.89. The van der Waals surface area contributed by atoms with Crippen molar-refractivity contribution in [3.63, 3.8) is 0 Å². The summed E-state index contributed by atoms with van der Waals surface area (Å²) >= 11 is 0. The number of rotatable bonds is 8. The van der Waals surface area contributed by atoms with E-state index < -0.39 is 28.0 Å². The van der Waals surface area contributed by atoms with Gasteiger partial charge in [0.2, 0.25) is 15.9 Å². The molecule has 1 fully saturated rings. The smallest absolute Gasteiger partial charge is 0.329 e. The zero-order chi connectivity index (χ0) is 19.3. The molecule has 2 rings (SSSR count). The summed E-state index contributed by atoms with van der Waals surface area (Å²) in [6, 6.07) is 7.22. The Morgan fingerprint density at radius 3 is 2.50 bits per heavy atom. The highest BCUT2D eigenvalue weighted by atomic mass is 32.2. The van der Waals surface area contributed by atoms with Crippen LogP contribution in [0.2, 0.25) is 0 Å². The molecule has 1 aliphatic heterocycles. The van der Waals surface area contributed by atoms with E-state index in [0.717, 1.165) is 9.21 Å². The van der Waals surface area contributed by atoms with Crippen LogP contribution >= 0.6 is 0 Å². The maximum atomic E-state index is 12.4. The van der Waals surface area contributed by atoms with E-state index in [-0.39, 0.29) is 31.0 Å². The van der Waals surface area contributed by atoms with Gasteiger partial charge in [-0.3, -0.25) is 9.59 Å². The standard InChI is InChI=1S/C16H22N4O5S/c1-19(2)26(24,25)11-10-17-14(21)9-8-13-15(22)20(16(23)18-13)12-6-4-3-5-7-12/h3-7,13H,8-11H2,1-2H3,(H,17,21)(H,18,23)/t13-/m0/s1. The van der Waals surface area contributed by atoms with Gasteiger partial charge in [0.25, 0.3) is 5.91 Å². The fourth-order valence-electron chi connectivity index (χ4n) is 2.41. The Labute approximate surface area is 152 Å². The van der Waals surface area contributed by atoms with E-state index >= 15 is 0 Å². The van der Waals surface area contributed by atoms with Crippen molar-refractivity contribution in [2.75, 3.05) is 31.3 Å². The quantitative estimate of drug-likeness (QED) is 0.609. The molecule has 0 bridgehead atoms. The van der Waals surface area contributed by atoms with Gasteiger partial charge in [-0.2, -0.15) is 0 Å². The first-order valence-electron chi connectivity index (χ1n) is 8.09. The third kappa shape index (κ3) is 4.79. The van der Waals surface area contributed by atoms with Crippen molar-refractivity contribution < 1.29 is 22.8 Å². The minimum absolute atomic E-state index is 0.00132. The summed E-state index contributed by atoms with van der Waals surface area (Å²) < 4.78 is 24.3. The first kappa shape index (κ1) is 19.9. The zero-order valence-electron chi connectivity index (χ0n) is 14.6. The van der Waals surface area contributed by atoms with Gasteiger partial charge in [0, 0.05) is 27.1 Å². The molecule has 1 aromatic carbocycles. The maximum absolute atomic E-state index is 12.4. The number of carbonyl (C=O) groups excluding carboxylic acids is 3. The highest BCUT2D eigenvalue weighted by Gasteiger charge is 2.38. The third-order valence-electron chi connectivity index (χ3n) is 3.93. The van der Waals surface area contributed by atoms with Gasteiger partial charge in [-0.05, 0) is 18.6 Å². The van der Waals surface area contributed by atoms with Crippen LogP contribution in [-0.2, 0) is 19.6 Å². The van der Waals surface area contributed by atoms with Crippen LogP contribution in [0.3, 0.4) is 0 Å². The van der Waals surface area contributed by atoms with Gasteiger partial charge < -0.3 is 10.6 Å². The molecule has 1 heterocycles. The van der Waals surface area contributed by atoms with Gasteiger partial charge in [0.05, 0.1) is 11.4 Å². The minimum atomic E-state index is -3.38. The molecule has 0 aliphatic carbocycles. The van der Waals surface area contributed by atoms with Crippen molar-refractivity contribution in [1.82, 2.24) is 14.9 Å². The van der Waals surface area contributed by atoms with Crippen molar-refractivity contribution in [2.45, 2.75) is 18.9 Å². The van der Waals surface area contributed by atoms with E-state index in [0.29, 0.717) is 5.69 Å². The average Bonchev–Trinajstić information content (AvgIpc) is 2.87. The molecule has 142 valence electrons. The summed E-state index contributed by atoms with van der Waals surface area (Å²) in [5, 5.41) is 5.06. The van der Waals surface area contributed by atoms with Gasteiger partial charge in [-0.25, -0.2) is 22.4 Å². The number of urea groups is 1. The molecule has 0 aromatic heterocycles. The topological polar surface area (TPSA) is 116 Å². The first-order valence-corrected chi connectivity index (χ1v) is 9.69. The number of hydrogen-bond acceptors (Lipinski definition) is 5. The van der Waals surface area contributed by atoms with Gasteiger partial charge in [0.15, 0.2) is 0 Å². The molecular weight excluding hydrogens is 360 g/mol. The van der Waals surface area contributed by atoms with E-state index in [1.165, 1.54) is 14.1 Å². The Bertz CT molecular complexity index is 779. The summed E-state index contributed by atoms with van der Waals surface area (Å²) in [6.07, 6.45) is 0.140. The lowest BCUT2D eigenvalue weighted by Crippen LogP contribution is -2.35. The number of benzene rings is 1. The third-order valence-corrected chi connectivity index (χ3v) is 5.76. The van der Waals surface area contributed by atoms with Gasteiger partial charge in [-0.15, -0.1) is 0 Å². The molecule has 4 amide bonds. The van der Waals surface area contributed by atoms with E-state index in [4.69, 9.17) is 0 Å². The van der Waals surface area contributed by atoms with Crippen molar-refractivity contribution >= 4 is 33.6 Å². The molecule has 1 saturated heterocycles. The molecule has 0 radical (unpaired) electrons. The summed E-state index contributed by atoms with van der Waals surface area (Å²) in [5.41, 5.74) is 0.468. The largest absolute Gasteiger partial charge is 0.355 e. The highest BCUT2D eigenvalue weighted by Crippen LogP contribution is 2.20. The maximum Gasteiger partial charge on any atom is 0.329 e. The van der Waals surface area contributed by atoms with Crippen LogP contribution in [0.25, 0.3) is 0 Å². The van der Waals surface area contributed by atoms with E-state index in [1.54, 1.807) is 30.3 Å². The SMILES string of the molecule is CN(C)S(=O)(=O)CCNC(=O)CC[C@@H]1NC(=O)N(c2ccccc2)C1=O. The molecule has 1 atom stereocenters. The normalized spacial score (nSPS) is 17.5. The van der Waals surface area contributed by atoms with Crippen LogP contribution in [-0.4, -0.2) is 63.0 Å². The Kier molecular flexibility index (Phi) is 6.32. The number of nitrogens with zero attached hydrogens (tertiary/aromatic N) is 2. The van der Waals surface area contributed by atoms with Crippen molar-refractivity contribution in [2.24, 2.45) is 0 Å². The van der Waals surface area contributed by atoms with Crippen molar-refractivity contribution in [3.8, 4) is 0 Å². The summed E-state index contributed by atoms with van der Waals surface area (Å²) in [5.74, 6) is -0.990. The van der Waals surface area contributed by atoms with E-state index in [1.807, 2.05) is 0 Å². The number of sulfonamides is 1. The number of imide groups is 1. The Hall–Kier alpha value is -2.46. The number of hydrogen-bond donors (Lipinski definition) is 2. The number of anilines is 1. The minimum Gasteiger partial charge on any atom is -0.355 e. The Morgan fingerprint density at radius 2 is 1.88 bits per heavy atom. The average molecular weight is 382 g/mol. The molecule has 0 unspecified atom stereocenters. The lowest BCUT2D eigenvalue weighted by molar-refractivity contribution is -0.121.